The molecule has 0 aliphatic carbocycles. The smallest absolute Gasteiger partial charge is 0.143 e. The second kappa shape index (κ2) is 5.65. The molecule has 4 rings (SSSR count). The first-order valence-corrected chi connectivity index (χ1v) is 8.16. The maximum Gasteiger partial charge on any atom is 0.143 e. The SMILES string of the molecule is CCOc1cccc2c3ccccc3n(C3CCCCO3)c12. The molecule has 2 aromatic carbocycles. The van der Waals surface area contributed by atoms with Crippen molar-refractivity contribution in [2.45, 2.75) is 32.4 Å². The molecule has 1 atom stereocenters. The highest BCUT2D eigenvalue weighted by atomic mass is 16.5. The van der Waals surface area contributed by atoms with Gasteiger partial charge in [-0.1, -0.05) is 30.3 Å². The number of aromatic nitrogens is 1. The van der Waals surface area contributed by atoms with Crippen molar-refractivity contribution in [2.75, 3.05) is 13.2 Å². The van der Waals surface area contributed by atoms with Gasteiger partial charge in [-0.25, -0.2) is 0 Å². The molecule has 1 aliphatic rings. The molecule has 0 N–H and O–H groups in total. The van der Waals surface area contributed by atoms with Crippen LogP contribution in [0.15, 0.2) is 42.5 Å². The first kappa shape index (κ1) is 13.6. The van der Waals surface area contributed by atoms with Crippen LogP contribution in [-0.4, -0.2) is 17.8 Å². The fraction of sp³-hybridized carbons (Fsp3) is 0.368. The third-order valence-corrected chi connectivity index (χ3v) is 4.44. The largest absolute Gasteiger partial charge is 0.492 e. The summed E-state index contributed by atoms with van der Waals surface area (Å²) >= 11 is 0. The number of hydrogen-bond donors (Lipinski definition) is 0. The topological polar surface area (TPSA) is 23.4 Å². The van der Waals surface area contributed by atoms with Crippen molar-refractivity contribution < 1.29 is 9.47 Å². The molecular weight excluding hydrogens is 274 g/mol. The van der Waals surface area contributed by atoms with Crippen LogP contribution in [0.5, 0.6) is 5.75 Å². The second-order valence-corrected chi connectivity index (χ2v) is 5.79. The predicted octanol–water partition coefficient (Wildman–Crippen LogP) is 4.89. The van der Waals surface area contributed by atoms with E-state index >= 15 is 0 Å². The van der Waals surface area contributed by atoms with Crippen LogP contribution in [0, 0.1) is 0 Å². The summed E-state index contributed by atoms with van der Waals surface area (Å²) in [7, 11) is 0. The van der Waals surface area contributed by atoms with Crippen molar-refractivity contribution in [1.82, 2.24) is 4.57 Å². The molecule has 2 heterocycles. The van der Waals surface area contributed by atoms with Crippen LogP contribution in [0.4, 0.5) is 0 Å². The summed E-state index contributed by atoms with van der Waals surface area (Å²) in [6.45, 7) is 3.55. The van der Waals surface area contributed by atoms with E-state index in [9.17, 15) is 0 Å². The van der Waals surface area contributed by atoms with E-state index in [-0.39, 0.29) is 6.23 Å². The molecule has 3 nitrogen and oxygen atoms in total. The predicted molar refractivity (Wildman–Crippen MR) is 89.5 cm³/mol. The van der Waals surface area contributed by atoms with E-state index in [1.54, 1.807) is 0 Å². The van der Waals surface area contributed by atoms with Gasteiger partial charge in [0.15, 0.2) is 0 Å². The molecule has 0 bridgehead atoms. The molecule has 1 unspecified atom stereocenters. The summed E-state index contributed by atoms with van der Waals surface area (Å²) in [6.07, 6.45) is 3.55. The summed E-state index contributed by atoms with van der Waals surface area (Å²) in [5.74, 6) is 0.949. The van der Waals surface area contributed by atoms with Gasteiger partial charge in [0.2, 0.25) is 0 Å². The Labute approximate surface area is 130 Å². The molecular formula is C19H21NO2. The number of benzene rings is 2. The average molecular weight is 295 g/mol. The molecule has 1 saturated heterocycles. The van der Waals surface area contributed by atoms with Crippen LogP contribution in [0.1, 0.15) is 32.4 Å². The number of para-hydroxylation sites is 2. The number of nitrogens with zero attached hydrogens (tertiary/aromatic N) is 1. The molecule has 1 fully saturated rings. The van der Waals surface area contributed by atoms with E-state index in [0.29, 0.717) is 6.61 Å². The van der Waals surface area contributed by atoms with E-state index in [2.05, 4.69) is 47.0 Å². The molecule has 3 heteroatoms. The standard InChI is InChI=1S/C19H21NO2/c1-2-21-17-11-7-9-15-14-8-3-4-10-16(14)20(19(15)17)18-12-5-6-13-22-18/h3-4,7-11,18H,2,5-6,12-13H2,1H3. The zero-order valence-corrected chi connectivity index (χ0v) is 12.9. The Morgan fingerprint density at radius 1 is 1.09 bits per heavy atom. The molecule has 0 saturated carbocycles. The van der Waals surface area contributed by atoms with E-state index in [0.717, 1.165) is 30.7 Å². The molecule has 114 valence electrons. The fourth-order valence-electron chi connectivity index (χ4n) is 3.52. The summed E-state index contributed by atoms with van der Waals surface area (Å²) < 4.78 is 14.3. The van der Waals surface area contributed by atoms with Crippen molar-refractivity contribution in [3.8, 4) is 5.75 Å². The highest BCUT2D eigenvalue weighted by Crippen LogP contribution is 2.39. The Balaban J connectivity index is 2.04. The van der Waals surface area contributed by atoms with E-state index in [1.165, 1.54) is 22.7 Å². The van der Waals surface area contributed by atoms with E-state index < -0.39 is 0 Å². The number of rotatable bonds is 3. The lowest BCUT2D eigenvalue weighted by Crippen LogP contribution is -2.18. The maximum atomic E-state index is 6.08. The van der Waals surface area contributed by atoms with Crippen LogP contribution in [0.25, 0.3) is 21.8 Å². The first-order valence-electron chi connectivity index (χ1n) is 8.16. The van der Waals surface area contributed by atoms with Crippen LogP contribution < -0.4 is 4.74 Å². The van der Waals surface area contributed by atoms with E-state index in [4.69, 9.17) is 9.47 Å². The number of hydrogen-bond acceptors (Lipinski definition) is 2. The lowest BCUT2D eigenvalue weighted by Gasteiger charge is -2.26. The summed E-state index contributed by atoms with van der Waals surface area (Å²) in [5.41, 5.74) is 2.40. The minimum absolute atomic E-state index is 0.109. The van der Waals surface area contributed by atoms with Gasteiger partial charge in [0.1, 0.15) is 12.0 Å². The monoisotopic (exact) mass is 295 g/mol. The minimum atomic E-state index is 0.109. The highest BCUT2D eigenvalue weighted by Gasteiger charge is 2.22. The van der Waals surface area contributed by atoms with Crippen LogP contribution in [0.2, 0.25) is 0 Å². The summed E-state index contributed by atoms with van der Waals surface area (Å²) in [6, 6.07) is 14.9. The Kier molecular flexibility index (Phi) is 3.51. The lowest BCUT2D eigenvalue weighted by atomic mass is 10.1. The Hall–Kier alpha value is -2.00. The Morgan fingerprint density at radius 3 is 2.77 bits per heavy atom. The van der Waals surface area contributed by atoms with Crippen molar-refractivity contribution in [1.29, 1.82) is 0 Å². The Bertz CT molecular complexity index is 800. The molecule has 1 aromatic heterocycles. The molecule has 1 aliphatic heterocycles. The zero-order valence-electron chi connectivity index (χ0n) is 12.9. The van der Waals surface area contributed by atoms with Crippen molar-refractivity contribution >= 4 is 21.8 Å². The normalized spacial score (nSPS) is 18.9. The van der Waals surface area contributed by atoms with Crippen molar-refractivity contribution in [2.24, 2.45) is 0 Å². The molecule has 22 heavy (non-hydrogen) atoms. The van der Waals surface area contributed by atoms with Crippen LogP contribution >= 0.6 is 0 Å². The summed E-state index contributed by atoms with van der Waals surface area (Å²) in [4.78, 5) is 0. The average Bonchev–Trinajstić information content (AvgIpc) is 2.92. The van der Waals surface area contributed by atoms with Crippen LogP contribution in [-0.2, 0) is 4.74 Å². The van der Waals surface area contributed by atoms with Gasteiger partial charge >= 0.3 is 0 Å². The van der Waals surface area contributed by atoms with Gasteiger partial charge in [0.05, 0.1) is 17.6 Å². The maximum absolute atomic E-state index is 6.08. The quantitative estimate of drug-likeness (QED) is 0.686. The van der Waals surface area contributed by atoms with Crippen molar-refractivity contribution in [3.05, 3.63) is 42.5 Å². The first-order chi connectivity index (χ1) is 10.9. The molecule has 0 spiro atoms. The third-order valence-electron chi connectivity index (χ3n) is 4.44. The zero-order chi connectivity index (χ0) is 14.9. The molecule has 0 radical (unpaired) electrons. The van der Waals surface area contributed by atoms with Gasteiger partial charge < -0.3 is 14.0 Å². The van der Waals surface area contributed by atoms with Gasteiger partial charge in [-0.2, -0.15) is 0 Å². The lowest BCUT2D eigenvalue weighted by molar-refractivity contribution is -0.0268. The fourth-order valence-corrected chi connectivity index (χ4v) is 3.52. The third kappa shape index (κ3) is 2.08. The minimum Gasteiger partial charge on any atom is -0.492 e. The van der Waals surface area contributed by atoms with Gasteiger partial charge in [-0.3, -0.25) is 0 Å². The van der Waals surface area contributed by atoms with Gasteiger partial charge in [0, 0.05) is 17.4 Å². The second-order valence-electron chi connectivity index (χ2n) is 5.79. The highest BCUT2D eigenvalue weighted by molar-refractivity contribution is 6.10. The molecule has 0 amide bonds. The van der Waals surface area contributed by atoms with Gasteiger partial charge in [0.25, 0.3) is 0 Å². The Morgan fingerprint density at radius 2 is 1.95 bits per heavy atom. The van der Waals surface area contributed by atoms with Gasteiger partial charge in [-0.15, -0.1) is 0 Å². The van der Waals surface area contributed by atoms with Gasteiger partial charge in [-0.05, 0) is 38.3 Å². The van der Waals surface area contributed by atoms with E-state index in [1.807, 2.05) is 6.92 Å². The molecule has 3 aromatic rings. The number of fused-ring (bicyclic) bond motifs is 3. The number of ether oxygens (including phenoxy) is 2. The van der Waals surface area contributed by atoms with Crippen molar-refractivity contribution in [3.63, 3.8) is 0 Å². The van der Waals surface area contributed by atoms with Crippen LogP contribution in [0.3, 0.4) is 0 Å². The summed E-state index contributed by atoms with van der Waals surface area (Å²) in [5, 5.41) is 2.52.